The molecule has 31 heavy (non-hydrogen) atoms. The summed E-state index contributed by atoms with van der Waals surface area (Å²) in [6.45, 7) is 4.42. The number of rotatable bonds is 6. The molecule has 1 aliphatic heterocycles. The van der Waals surface area contributed by atoms with E-state index in [0.717, 1.165) is 30.4 Å². The highest BCUT2D eigenvalue weighted by Crippen LogP contribution is 2.26. The summed E-state index contributed by atoms with van der Waals surface area (Å²) in [5.41, 5.74) is 2.39. The highest BCUT2D eigenvalue weighted by Gasteiger charge is 2.33. The first-order valence-corrected chi connectivity index (χ1v) is 12.0. The van der Waals surface area contributed by atoms with Crippen molar-refractivity contribution in [2.24, 2.45) is 0 Å². The summed E-state index contributed by atoms with van der Waals surface area (Å²) in [5.74, 6) is -1.45. The van der Waals surface area contributed by atoms with Gasteiger partial charge < -0.3 is 10.6 Å². The lowest BCUT2D eigenvalue weighted by Gasteiger charge is -2.34. The fourth-order valence-electron chi connectivity index (χ4n) is 3.92. The zero-order valence-corrected chi connectivity index (χ0v) is 18.7. The Hall–Kier alpha value is -2.71. The average molecular weight is 444 g/mol. The second-order valence-electron chi connectivity index (χ2n) is 7.84. The molecule has 2 aromatic carbocycles. The van der Waals surface area contributed by atoms with Crippen molar-refractivity contribution in [1.29, 1.82) is 0 Å². The van der Waals surface area contributed by atoms with Crippen molar-refractivity contribution in [3.05, 3.63) is 59.7 Å². The molecule has 0 saturated carbocycles. The zero-order chi connectivity index (χ0) is 22.4. The molecule has 1 aliphatic rings. The van der Waals surface area contributed by atoms with Crippen molar-refractivity contribution in [3.8, 4) is 0 Å². The number of nitrogens with zero attached hydrogens (tertiary/aromatic N) is 1. The summed E-state index contributed by atoms with van der Waals surface area (Å²) in [7, 11) is -3.59. The van der Waals surface area contributed by atoms with Crippen LogP contribution in [0.5, 0.6) is 0 Å². The lowest BCUT2D eigenvalue weighted by molar-refractivity contribution is -0.136. The van der Waals surface area contributed by atoms with Crippen LogP contribution in [0.15, 0.2) is 53.4 Å². The Balaban J connectivity index is 1.58. The van der Waals surface area contributed by atoms with Gasteiger partial charge in [0.2, 0.25) is 10.0 Å². The monoisotopic (exact) mass is 443 g/mol. The van der Waals surface area contributed by atoms with E-state index in [0.29, 0.717) is 18.7 Å². The highest BCUT2D eigenvalue weighted by atomic mass is 32.2. The molecular weight excluding hydrogens is 414 g/mol. The van der Waals surface area contributed by atoms with Crippen LogP contribution in [0.4, 0.5) is 5.69 Å². The number of para-hydroxylation sites is 1. The first-order chi connectivity index (χ1) is 14.8. The minimum Gasteiger partial charge on any atom is -0.348 e. The molecule has 2 amide bonds. The first-order valence-electron chi connectivity index (χ1n) is 10.5. The lowest BCUT2D eigenvalue weighted by atomic mass is 10.0. The molecule has 2 aromatic rings. The van der Waals surface area contributed by atoms with E-state index in [1.165, 1.54) is 4.31 Å². The molecule has 2 N–H and O–H groups in total. The molecular formula is C23H29N3O4S. The molecule has 0 bridgehead atoms. The van der Waals surface area contributed by atoms with Crippen LogP contribution in [0.3, 0.4) is 0 Å². The fourth-order valence-corrected chi connectivity index (χ4v) is 5.67. The minimum absolute atomic E-state index is 0.207. The fraction of sp³-hybridized carbons (Fsp3) is 0.391. The maximum absolute atomic E-state index is 13.0. The van der Waals surface area contributed by atoms with Crippen molar-refractivity contribution in [2.45, 2.75) is 50.5 Å². The summed E-state index contributed by atoms with van der Waals surface area (Å²) >= 11 is 0. The maximum Gasteiger partial charge on any atom is 0.313 e. The van der Waals surface area contributed by atoms with Crippen molar-refractivity contribution in [1.82, 2.24) is 9.62 Å². The number of hydrogen-bond acceptors (Lipinski definition) is 4. The van der Waals surface area contributed by atoms with Gasteiger partial charge >= 0.3 is 11.8 Å². The number of anilines is 1. The van der Waals surface area contributed by atoms with E-state index in [2.05, 4.69) is 10.6 Å². The van der Waals surface area contributed by atoms with Gasteiger partial charge in [0, 0.05) is 24.8 Å². The molecule has 0 aliphatic carbocycles. The van der Waals surface area contributed by atoms with Gasteiger partial charge in [0.05, 0.1) is 4.90 Å². The van der Waals surface area contributed by atoms with E-state index in [9.17, 15) is 18.0 Å². The maximum atomic E-state index is 13.0. The predicted octanol–water partition coefficient (Wildman–Crippen LogP) is 2.99. The number of aryl methyl sites for hydroxylation is 2. The molecule has 166 valence electrons. The van der Waals surface area contributed by atoms with E-state index in [-0.39, 0.29) is 17.5 Å². The number of carbonyl (C=O) groups is 2. The largest absolute Gasteiger partial charge is 0.348 e. The molecule has 3 rings (SSSR count). The predicted molar refractivity (Wildman–Crippen MR) is 120 cm³/mol. The lowest BCUT2D eigenvalue weighted by Crippen LogP contribution is -2.45. The topological polar surface area (TPSA) is 95.6 Å². The summed E-state index contributed by atoms with van der Waals surface area (Å²) in [6.07, 6.45) is 2.94. The Labute approximate surface area is 183 Å². The van der Waals surface area contributed by atoms with E-state index in [1.54, 1.807) is 30.3 Å². The average Bonchev–Trinajstić information content (AvgIpc) is 2.77. The Morgan fingerprint density at radius 3 is 2.32 bits per heavy atom. The second-order valence-corrected chi connectivity index (χ2v) is 9.73. The summed E-state index contributed by atoms with van der Waals surface area (Å²) in [4.78, 5) is 24.8. The smallest absolute Gasteiger partial charge is 0.313 e. The van der Waals surface area contributed by atoms with Crippen LogP contribution in [0.25, 0.3) is 0 Å². The number of amides is 2. The molecule has 0 spiro atoms. The van der Waals surface area contributed by atoms with Crippen molar-refractivity contribution >= 4 is 27.5 Å². The van der Waals surface area contributed by atoms with Crippen LogP contribution in [0.1, 0.15) is 36.8 Å². The van der Waals surface area contributed by atoms with Crippen LogP contribution in [-0.2, 0) is 19.6 Å². The van der Waals surface area contributed by atoms with Crippen LogP contribution < -0.4 is 10.6 Å². The van der Waals surface area contributed by atoms with Gasteiger partial charge in [-0.3, -0.25) is 9.59 Å². The molecule has 1 atom stereocenters. The highest BCUT2D eigenvalue weighted by molar-refractivity contribution is 7.89. The minimum atomic E-state index is -3.59. The van der Waals surface area contributed by atoms with Crippen LogP contribution in [-0.4, -0.2) is 43.7 Å². The molecule has 1 unspecified atom stereocenters. The molecule has 7 nitrogen and oxygen atoms in total. The van der Waals surface area contributed by atoms with Gasteiger partial charge in [0.25, 0.3) is 0 Å². The molecule has 1 heterocycles. The van der Waals surface area contributed by atoms with Gasteiger partial charge in [-0.1, -0.05) is 42.8 Å². The third kappa shape index (κ3) is 5.51. The summed E-state index contributed by atoms with van der Waals surface area (Å²) in [6, 6.07) is 13.8. The number of hydrogen-bond donors (Lipinski definition) is 2. The number of sulfonamides is 1. The van der Waals surface area contributed by atoms with Gasteiger partial charge in [0.1, 0.15) is 0 Å². The number of nitrogens with one attached hydrogen (secondary N) is 2. The number of piperidine rings is 1. The Bertz CT molecular complexity index is 1020. The standard InChI is InChI=1S/C23H29N3O4S/c1-17-9-8-10-18(2)21(17)25-23(28)22(27)24-15-14-19-11-6-7-16-26(19)31(29,30)20-12-4-3-5-13-20/h3-5,8-10,12-13,19H,6-7,11,14-16H2,1-2H3,(H,24,27)(H,25,28). The molecule has 8 heteroatoms. The van der Waals surface area contributed by atoms with Gasteiger partial charge in [-0.2, -0.15) is 4.31 Å². The third-order valence-electron chi connectivity index (χ3n) is 5.61. The zero-order valence-electron chi connectivity index (χ0n) is 17.9. The van der Waals surface area contributed by atoms with Crippen LogP contribution in [0, 0.1) is 13.8 Å². The van der Waals surface area contributed by atoms with Crippen molar-refractivity contribution in [3.63, 3.8) is 0 Å². The Morgan fingerprint density at radius 2 is 1.65 bits per heavy atom. The Morgan fingerprint density at radius 1 is 0.968 bits per heavy atom. The van der Waals surface area contributed by atoms with E-state index in [4.69, 9.17) is 0 Å². The van der Waals surface area contributed by atoms with Gasteiger partial charge in [-0.15, -0.1) is 0 Å². The van der Waals surface area contributed by atoms with Crippen LogP contribution >= 0.6 is 0 Å². The first kappa shape index (κ1) is 23.0. The normalized spacial score (nSPS) is 17.2. The van der Waals surface area contributed by atoms with E-state index < -0.39 is 21.8 Å². The molecule has 0 aromatic heterocycles. The molecule has 0 radical (unpaired) electrons. The van der Waals surface area contributed by atoms with Gasteiger partial charge in [-0.25, -0.2) is 8.42 Å². The van der Waals surface area contributed by atoms with Crippen molar-refractivity contribution < 1.29 is 18.0 Å². The Kier molecular flexibility index (Phi) is 7.46. The van der Waals surface area contributed by atoms with Crippen LogP contribution in [0.2, 0.25) is 0 Å². The summed E-state index contributed by atoms with van der Waals surface area (Å²) in [5, 5.41) is 5.29. The van der Waals surface area contributed by atoms with E-state index >= 15 is 0 Å². The quantitative estimate of drug-likeness (QED) is 0.671. The van der Waals surface area contributed by atoms with Gasteiger partial charge in [0.15, 0.2) is 0 Å². The molecule has 1 fully saturated rings. The number of carbonyl (C=O) groups excluding carboxylic acids is 2. The third-order valence-corrected chi connectivity index (χ3v) is 7.58. The SMILES string of the molecule is Cc1cccc(C)c1NC(=O)C(=O)NCCC1CCCCN1S(=O)(=O)c1ccccc1. The summed E-state index contributed by atoms with van der Waals surface area (Å²) < 4.78 is 27.6. The van der Waals surface area contributed by atoms with Gasteiger partial charge in [-0.05, 0) is 56.4 Å². The van der Waals surface area contributed by atoms with Crippen molar-refractivity contribution in [2.75, 3.05) is 18.4 Å². The number of benzene rings is 2. The second kappa shape index (κ2) is 10.1. The molecule has 1 saturated heterocycles. The van der Waals surface area contributed by atoms with E-state index in [1.807, 2.05) is 32.0 Å².